The van der Waals surface area contributed by atoms with Gasteiger partial charge < -0.3 is 15.8 Å². The number of hydrogen-bond acceptors (Lipinski definition) is 3. The highest BCUT2D eigenvalue weighted by Gasteiger charge is 2.03. The van der Waals surface area contributed by atoms with E-state index >= 15 is 0 Å². The average Bonchev–Trinajstić information content (AvgIpc) is 2.25. The molecular weight excluding hydrogens is 194 g/mol. The largest absolute Gasteiger partial charge is 0.459 e. The molecule has 0 saturated carbocycles. The highest BCUT2D eigenvalue weighted by Crippen LogP contribution is 2.00. The summed E-state index contributed by atoms with van der Waals surface area (Å²) in [4.78, 5) is 11.0. The van der Waals surface area contributed by atoms with Gasteiger partial charge in [-0.25, -0.2) is 4.79 Å². The van der Waals surface area contributed by atoms with Crippen molar-refractivity contribution in [2.75, 3.05) is 0 Å². The normalized spacial score (nSPS) is 9.33. The van der Waals surface area contributed by atoms with Crippen molar-refractivity contribution in [3.8, 4) is 0 Å². The monoisotopic (exact) mass is 206 g/mol. The van der Waals surface area contributed by atoms with E-state index in [1.807, 2.05) is 30.3 Å². The smallest absolute Gasteiger partial charge is 0.331 e. The minimum atomic E-state index is -0.561. The molecule has 0 unspecified atom stereocenters. The Bertz CT molecular complexity index is 338. The zero-order valence-corrected chi connectivity index (χ0v) is 8.07. The number of rotatable bonds is 4. The molecule has 0 aliphatic heterocycles. The molecule has 5 nitrogen and oxygen atoms in total. The van der Waals surface area contributed by atoms with Crippen molar-refractivity contribution in [3.63, 3.8) is 0 Å². The van der Waals surface area contributed by atoms with Crippen LogP contribution in [0.2, 0.25) is 0 Å². The van der Waals surface area contributed by atoms with Gasteiger partial charge in [-0.3, -0.25) is 5.41 Å². The Morgan fingerprint density at radius 3 is 2.73 bits per heavy atom. The van der Waals surface area contributed by atoms with Crippen LogP contribution in [0.25, 0.3) is 0 Å². The first kappa shape index (κ1) is 11.0. The van der Waals surface area contributed by atoms with Crippen molar-refractivity contribution in [2.45, 2.75) is 6.61 Å². The van der Waals surface area contributed by atoms with E-state index in [9.17, 15) is 4.79 Å². The van der Waals surface area contributed by atoms with Crippen molar-refractivity contribution in [1.29, 1.82) is 5.41 Å². The third-order valence-electron chi connectivity index (χ3n) is 1.57. The molecule has 0 aromatic heterocycles. The van der Waals surface area contributed by atoms with Crippen LogP contribution < -0.4 is 11.1 Å². The molecule has 0 bridgehead atoms. The lowest BCUT2D eigenvalue weighted by Crippen LogP contribution is -2.31. The van der Waals surface area contributed by atoms with Crippen molar-refractivity contribution in [2.24, 2.45) is 5.73 Å². The standard InChI is InChI=1S/C10H12N3O2/c11-10(12)13-6-9(14)15-7-8-4-2-1-3-5-8/h1-6H,7H2,(H4,11,12,13). The second-order valence-corrected chi connectivity index (χ2v) is 2.80. The summed E-state index contributed by atoms with van der Waals surface area (Å²) in [6.45, 7) is 1.21. The molecular formula is C10H12N3O2. The Hall–Kier alpha value is -2.04. The number of nitrogens with one attached hydrogen (secondary N) is 2. The van der Waals surface area contributed by atoms with Gasteiger partial charge >= 0.3 is 5.97 Å². The first-order valence-electron chi connectivity index (χ1n) is 4.33. The van der Waals surface area contributed by atoms with Crippen LogP contribution in [0, 0.1) is 12.0 Å². The fourth-order valence-corrected chi connectivity index (χ4v) is 0.907. The summed E-state index contributed by atoms with van der Waals surface area (Å²) < 4.78 is 4.87. The molecule has 1 radical (unpaired) electrons. The van der Waals surface area contributed by atoms with E-state index in [2.05, 4.69) is 5.32 Å². The van der Waals surface area contributed by atoms with Crippen molar-refractivity contribution >= 4 is 11.9 Å². The third kappa shape index (κ3) is 4.66. The van der Waals surface area contributed by atoms with Crippen LogP contribution in [-0.2, 0) is 16.1 Å². The third-order valence-corrected chi connectivity index (χ3v) is 1.57. The molecule has 0 atom stereocenters. The lowest BCUT2D eigenvalue weighted by Gasteiger charge is -2.04. The summed E-state index contributed by atoms with van der Waals surface area (Å²) in [5.41, 5.74) is 5.89. The van der Waals surface area contributed by atoms with Crippen LogP contribution in [0.15, 0.2) is 30.3 Å². The van der Waals surface area contributed by atoms with Gasteiger partial charge in [0.15, 0.2) is 12.5 Å². The van der Waals surface area contributed by atoms with E-state index < -0.39 is 5.97 Å². The van der Waals surface area contributed by atoms with Crippen LogP contribution in [0.4, 0.5) is 0 Å². The van der Waals surface area contributed by atoms with Gasteiger partial charge in [0.2, 0.25) is 0 Å². The van der Waals surface area contributed by atoms with Gasteiger partial charge in [-0.15, -0.1) is 0 Å². The van der Waals surface area contributed by atoms with E-state index in [1.165, 1.54) is 0 Å². The Morgan fingerprint density at radius 1 is 1.47 bits per heavy atom. The predicted octanol–water partition coefficient (Wildman–Crippen LogP) is 0.375. The molecule has 1 aromatic carbocycles. The Balaban J connectivity index is 2.26. The Labute approximate surface area is 87.7 Å². The number of carbonyl (C=O) groups is 1. The molecule has 5 heteroatoms. The number of ether oxygens (including phenoxy) is 1. The van der Waals surface area contributed by atoms with Gasteiger partial charge in [-0.05, 0) is 5.56 Å². The second-order valence-electron chi connectivity index (χ2n) is 2.80. The zero-order valence-electron chi connectivity index (χ0n) is 8.07. The molecule has 79 valence electrons. The molecule has 15 heavy (non-hydrogen) atoms. The van der Waals surface area contributed by atoms with Gasteiger partial charge in [-0.2, -0.15) is 0 Å². The van der Waals surface area contributed by atoms with Gasteiger partial charge in [0, 0.05) is 0 Å². The van der Waals surface area contributed by atoms with Gasteiger partial charge in [-0.1, -0.05) is 30.3 Å². The van der Waals surface area contributed by atoms with Crippen LogP contribution >= 0.6 is 0 Å². The van der Waals surface area contributed by atoms with Gasteiger partial charge in [0.25, 0.3) is 0 Å². The topological polar surface area (TPSA) is 88.2 Å². The summed E-state index contributed by atoms with van der Waals surface area (Å²) in [7, 11) is 0. The number of nitrogens with two attached hydrogens (primary N) is 1. The molecule has 0 saturated heterocycles. The fourth-order valence-electron chi connectivity index (χ4n) is 0.907. The van der Waals surface area contributed by atoms with Crippen LogP contribution in [-0.4, -0.2) is 11.9 Å². The summed E-state index contributed by atoms with van der Waals surface area (Å²) in [6.07, 6.45) is 0. The fraction of sp³-hybridized carbons (Fsp3) is 0.100. The maximum atomic E-state index is 11.0. The van der Waals surface area contributed by atoms with E-state index in [0.717, 1.165) is 12.1 Å². The molecule has 1 rings (SSSR count). The van der Waals surface area contributed by atoms with E-state index in [4.69, 9.17) is 15.9 Å². The molecule has 0 aliphatic carbocycles. The summed E-state index contributed by atoms with van der Waals surface area (Å²) in [6, 6.07) is 9.31. The Kier molecular flexibility index (Phi) is 4.15. The lowest BCUT2D eigenvalue weighted by molar-refractivity contribution is -0.141. The van der Waals surface area contributed by atoms with Crippen molar-refractivity contribution in [1.82, 2.24) is 5.32 Å². The summed E-state index contributed by atoms with van der Waals surface area (Å²) in [5, 5.41) is 9.05. The van der Waals surface area contributed by atoms with E-state index in [1.54, 1.807) is 0 Å². The van der Waals surface area contributed by atoms with Gasteiger partial charge in [0.1, 0.15) is 6.61 Å². The summed E-state index contributed by atoms with van der Waals surface area (Å²) >= 11 is 0. The zero-order chi connectivity index (χ0) is 11.1. The minimum absolute atomic E-state index is 0.204. The molecule has 1 aromatic rings. The number of benzene rings is 1. The predicted molar refractivity (Wildman–Crippen MR) is 55.6 cm³/mol. The van der Waals surface area contributed by atoms with Crippen molar-refractivity contribution in [3.05, 3.63) is 42.4 Å². The SMILES string of the molecule is N=C(N)N[CH]C(=O)OCc1ccccc1. The lowest BCUT2D eigenvalue weighted by atomic mass is 10.2. The first-order chi connectivity index (χ1) is 7.18. The van der Waals surface area contributed by atoms with E-state index in [0.29, 0.717) is 0 Å². The maximum Gasteiger partial charge on any atom is 0.331 e. The van der Waals surface area contributed by atoms with Crippen LogP contribution in [0.3, 0.4) is 0 Å². The molecule has 0 heterocycles. The molecule has 0 fully saturated rings. The number of hydrogen-bond donors (Lipinski definition) is 3. The first-order valence-corrected chi connectivity index (χ1v) is 4.33. The quantitative estimate of drug-likeness (QED) is 0.377. The van der Waals surface area contributed by atoms with Crippen molar-refractivity contribution < 1.29 is 9.53 Å². The summed E-state index contributed by atoms with van der Waals surface area (Å²) in [5.74, 6) is -0.860. The molecule has 0 amide bonds. The maximum absolute atomic E-state index is 11.0. The Morgan fingerprint density at radius 2 is 2.13 bits per heavy atom. The minimum Gasteiger partial charge on any atom is -0.459 e. The average molecular weight is 206 g/mol. The highest BCUT2D eigenvalue weighted by atomic mass is 16.5. The van der Waals surface area contributed by atoms with E-state index in [-0.39, 0.29) is 12.6 Å². The number of esters is 1. The number of guanidine groups is 1. The number of carbonyl (C=O) groups excluding carboxylic acids is 1. The van der Waals surface area contributed by atoms with Gasteiger partial charge in [0.05, 0.1) is 0 Å². The molecule has 4 N–H and O–H groups in total. The highest BCUT2D eigenvalue weighted by molar-refractivity contribution is 5.85. The second kappa shape index (κ2) is 5.64. The molecule has 0 spiro atoms. The van der Waals surface area contributed by atoms with Crippen LogP contribution in [0.1, 0.15) is 5.56 Å². The van der Waals surface area contributed by atoms with Crippen LogP contribution in [0.5, 0.6) is 0 Å². The molecule has 0 aliphatic rings.